The zero-order valence-electron chi connectivity index (χ0n) is 8.44. The van der Waals surface area contributed by atoms with Crippen LogP contribution in [-0.4, -0.2) is 4.98 Å². The van der Waals surface area contributed by atoms with Gasteiger partial charge in [-0.2, -0.15) is 0 Å². The number of aromatic nitrogens is 1. The van der Waals surface area contributed by atoms with Crippen LogP contribution < -0.4 is 10.5 Å². The normalized spacial score (nSPS) is 10.2. The highest BCUT2D eigenvalue weighted by Crippen LogP contribution is 2.11. The van der Waals surface area contributed by atoms with Crippen LogP contribution in [0.1, 0.15) is 11.3 Å². The van der Waals surface area contributed by atoms with Crippen molar-refractivity contribution in [3.63, 3.8) is 0 Å². The molecule has 0 unspecified atom stereocenters. The standard InChI is InChI=1S/C12H14N2O/c13-7-11-6-10(8-14-11)9-15-12-4-2-1-3-5-12/h1-6,8,14H,7,9,13H2. The van der Waals surface area contributed by atoms with Gasteiger partial charge in [-0.25, -0.2) is 0 Å². The van der Waals surface area contributed by atoms with Crippen molar-refractivity contribution in [3.05, 3.63) is 53.9 Å². The summed E-state index contributed by atoms with van der Waals surface area (Å²) in [6.45, 7) is 1.10. The Morgan fingerprint density at radius 3 is 2.67 bits per heavy atom. The summed E-state index contributed by atoms with van der Waals surface area (Å²) in [6, 6.07) is 11.8. The van der Waals surface area contributed by atoms with E-state index in [1.807, 2.05) is 42.6 Å². The van der Waals surface area contributed by atoms with Gasteiger partial charge in [0.2, 0.25) is 0 Å². The molecule has 0 atom stereocenters. The van der Waals surface area contributed by atoms with Crippen molar-refractivity contribution in [2.45, 2.75) is 13.2 Å². The summed E-state index contributed by atoms with van der Waals surface area (Å²) in [5.41, 5.74) is 7.64. The molecule has 1 heterocycles. The number of aromatic amines is 1. The predicted molar refractivity (Wildman–Crippen MR) is 59.5 cm³/mol. The summed E-state index contributed by atoms with van der Waals surface area (Å²) >= 11 is 0. The van der Waals surface area contributed by atoms with Crippen LogP contribution in [0.4, 0.5) is 0 Å². The zero-order valence-corrected chi connectivity index (χ0v) is 8.44. The molecule has 0 saturated carbocycles. The van der Waals surface area contributed by atoms with Crippen molar-refractivity contribution in [2.75, 3.05) is 0 Å². The number of ether oxygens (including phenoxy) is 1. The van der Waals surface area contributed by atoms with Crippen LogP contribution in [0.3, 0.4) is 0 Å². The Bertz CT molecular complexity index is 409. The average molecular weight is 202 g/mol. The molecule has 0 spiro atoms. The lowest BCUT2D eigenvalue weighted by Gasteiger charge is -2.03. The Labute approximate surface area is 88.9 Å². The second kappa shape index (κ2) is 4.66. The first-order valence-electron chi connectivity index (χ1n) is 4.92. The van der Waals surface area contributed by atoms with Gasteiger partial charge in [0, 0.05) is 24.0 Å². The highest BCUT2D eigenvalue weighted by Gasteiger charge is 1.98. The van der Waals surface area contributed by atoms with E-state index >= 15 is 0 Å². The molecule has 0 radical (unpaired) electrons. The first kappa shape index (κ1) is 9.80. The molecule has 2 rings (SSSR count). The molecule has 3 heteroatoms. The molecule has 0 fully saturated rings. The molecule has 0 bridgehead atoms. The Kier molecular flexibility index (Phi) is 3.05. The topological polar surface area (TPSA) is 51.0 Å². The number of nitrogens with two attached hydrogens (primary N) is 1. The molecular formula is C12H14N2O. The minimum atomic E-state index is 0.533. The van der Waals surface area contributed by atoms with E-state index < -0.39 is 0 Å². The van der Waals surface area contributed by atoms with Gasteiger partial charge in [-0.15, -0.1) is 0 Å². The lowest BCUT2D eigenvalue weighted by Crippen LogP contribution is -1.95. The van der Waals surface area contributed by atoms with E-state index in [9.17, 15) is 0 Å². The molecular weight excluding hydrogens is 188 g/mol. The van der Waals surface area contributed by atoms with Gasteiger partial charge in [0.1, 0.15) is 12.4 Å². The number of hydrogen-bond donors (Lipinski definition) is 2. The summed E-state index contributed by atoms with van der Waals surface area (Å²) in [7, 11) is 0. The maximum absolute atomic E-state index is 5.59. The van der Waals surface area contributed by atoms with Crippen molar-refractivity contribution in [1.82, 2.24) is 4.98 Å². The van der Waals surface area contributed by atoms with E-state index in [0.29, 0.717) is 13.2 Å². The molecule has 0 aliphatic carbocycles. The van der Waals surface area contributed by atoms with Crippen LogP contribution >= 0.6 is 0 Å². The number of hydrogen-bond acceptors (Lipinski definition) is 2. The van der Waals surface area contributed by atoms with Crippen LogP contribution in [0.5, 0.6) is 5.75 Å². The van der Waals surface area contributed by atoms with Crippen LogP contribution in [-0.2, 0) is 13.2 Å². The summed E-state index contributed by atoms with van der Waals surface area (Å²) in [5.74, 6) is 0.882. The minimum Gasteiger partial charge on any atom is -0.489 e. The molecule has 2 aromatic rings. The molecule has 0 aliphatic heterocycles. The third kappa shape index (κ3) is 2.60. The van der Waals surface area contributed by atoms with Gasteiger partial charge in [-0.1, -0.05) is 18.2 Å². The van der Waals surface area contributed by atoms with Crippen molar-refractivity contribution < 1.29 is 4.74 Å². The smallest absolute Gasteiger partial charge is 0.119 e. The molecule has 78 valence electrons. The summed E-state index contributed by atoms with van der Waals surface area (Å²) in [4.78, 5) is 3.09. The third-order valence-corrected chi connectivity index (χ3v) is 2.17. The monoisotopic (exact) mass is 202 g/mol. The quantitative estimate of drug-likeness (QED) is 0.797. The number of rotatable bonds is 4. The average Bonchev–Trinajstić information content (AvgIpc) is 2.76. The van der Waals surface area contributed by atoms with Crippen LogP contribution in [0, 0.1) is 0 Å². The van der Waals surface area contributed by atoms with Crippen LogP contribution in [0.25, 0.3) is 0 Å². The van der Waals surface area contributed by atoms with E-state index in [2.05, 4.69) is 4.98 Å². The molecule has 0 aliphatic rings. The van der Waals surface area contributed by atoms with E-state index in [4.69, 9.17) is 10.5 Å². The van der Waals surface area contributed by atoms with E-state index in [0.717, 1.165) is 17.0 Å². The lowest BCUT2D eigenvalue weighted by molar-refractivity contribution is 0.306. The fourth-order valence-corrected chi connectivity index (χ4v) is 1.38. The largest absolute Gasteiger partial charge is 0.489 e. The fraction of sp³-hybridized carbons (Fsp3) is 0.167. The first-order chi connectivity index (χ1) is 7.38. The summed E-state index contributed by atoms with van der Waals surface area (Å²) < 4.78 is 5.59. The van der Waals surface area contributed by atoms with E-state index in [-0.39, 0.29) is 0 Å². The van der Waals surface area contributed by atoms with Crippen molar-refractivity contribution in [2.24, 2.45) is 5.73 Å². The van der Waals surface area contributed by atoms with E-state index in [1.165, 1.54) is 0 Å². The van der Waals surface area contributed by atoms with Gasteiger partial charge in [-0.05, 0) is 18.2 Å². The van der Waals surface area contributed by atoms with Gasteiger partial charge in [0.25, 0.3) is 0 Å². The Hall–Kier alpha value is -1.74. The molecule has 0 amide bonds. The molecule has 15 heavy (non-hydrogen) atoms. The first-order valence-corrected chi connectivity index (χ1v) is 4.92. The SMILES string of the molecule is NCc1cc(COc2ccccc2)c[nH]1. The molecule has 3 nitrogen and oxygen atoms in total. The Balaban J connectivity index is 1.93. The second-order valence-corrected chi connectivity index (χ2v) is 3.34. The maximum atomic E-state index is 5.59. The number of para-hydroxylation sites is 1. The lowest BCUT2D eigenvalue weighted by atomic mass is 10.3. The zero-order chi connectivity index (χ0) is 10.5. The van der Waals surface area contributed by atoms with Crippen LogP contribution in [0.2, 0.25) is 0 Å². The third-order valence-electron chi connectivity index (χ3n) is 2.17. The molecule has 3 N–H and O–H groups in total. The predicted octanol–water partition coefficient (Wildman–Crippen LogP) is 2.05. The Morgan fingerprint density at radius 2 is 2.00 bits per heavy atom. The van der Waals surface area contributed by atoms with Crippen molar-refractivity contribution >= 4 is 0 Å². The number of benzene rings is 1. The second-order valence-electron chi connectivity index (χ2n) is 3.34. The van der Waals surface area contributed by atoms with Crippen molar-refractivity contribution in [3.8, 4) is 5.75 Å². The van der Waals surface area contributed by atoms with Crippen LogP contribution in [0.15, 0.2) is 42.6 Å². The highest BCUT2D eigenvalue weighted by molar-refractivity contribution is 5.22. The summed E-state index contributed by atoms with van der Waals surface area (Å²) in [6.07, 6.45) is 1.92. The van der Waals surface area contributed by atoms with Gasteiger partial charge >= 0.3 is 0 Å². The van der Waals surface area contributed by atoms with Crippen molar-refractivity contribution in [1.29, 1.82) is 0 Å². The number of H-pyrrole nitrogens is 1. The maximum Gasteiger partial charge on any atom is 0.119 e. The molecule has 1 aromatic heterocycles. The highest BCUT2D eigenvalue weighted by atomic mass is 16.5. The molecule has 1 aromatic carbocycles. The molecule has 0 saturated heterocycles. The Morgan fingerprint density at radius 1 is 1.20 bits per heavy atom. The van der Waals surface area contributed by atoms with Gasteiger partial charge in [-0.3, -0.25) is 0 Å². The van der Waals surface area contributed by atoms with Gasteiger partial charge in [0.15, 0.2) is 0 Å². The van der Waals surface area contributed by atoms with Gasteiger partial charge < -0.3 is 15.5 Å². The minimum absolute atomic E-state index is 0.533. The van der Waals surface area contributed by atoms with Gasteiger partial charge in [0.05, 0.1) is 0 Å². The number of nitrogens with one attached hydrogen (secondary N) is 1. The fourth-order valence-electron chi connectivity index (χ4n) is 1.38. The van der Waals surface area contributed by atoms with E-state index in [1.54, 1.807) is 0 Å². The summed E-state index contributed by atoms with van der Waals surface area (Å²) in [5, 5.41) is 0.